The van der Waals surface area contributed by atoms with E-state index < -0.39 is 5.60 Å². The van der Waals surface area contributed by atoms with E-state index in [1.54, 1.807) is 24.4 Å². The zero-order valence-corrected chi connectivity index (χ0v) is 35.7. The summed E-state index contributed by atoms with van der Waals surface area (Å²) in [5, 5.41) is 25.2. The second-order valence-corrected chi connectivity index (χ2v) is 17.1. The second-order valence-electron chi connectivity index (χ2n) is 17.1. The number of Topliss-reactive ketones (excluding diaryl/α,β-unsaturated/α-hetero) is 1. The van der Waals surface area contributed by atoms with Crippen molar-refractivity contribution in [1.82, 2.24) is 10.3 Å². The number of ether oxygens (including phenoxy) is 1. The summed E-state index contributed by atoms with van der Waals surface area (Å²) >= 11 is 0. The molecule has 316 valence electrons. The van der Waals surface area contributed by atoms with Gasteiger partial charge in [0.05, 0.1) is 19.1 Å². The van der Waals surface area contributed by atoms with E-state index in [0.717, 1.165) is 107 Å². The number of nitrogen functional groups attached to an aromatic ring is 1. The van der Waals surface area contributed by atoms with E-state index in [4.69, 9.17) is 10.5 Å². The molecule has 3 aromatic carbocycles. The lowest BCUT2D eigenvalue weighted by molar-refractivity contribution is -0.124. The Morgan fingerprint density at radius 1 is 0.898 bits per heavy atom. The van der Waals surface area contributed by atoms with Crippen molar-refractivity contribution >= 4 is 23.5 Å². The third-order valence-electron chi connectivity index (χ3n) is 12.1. The van der Waals surface area contributed by atoms with Gasteiger partial charge in [0.1, 0.15) is 11.6 Å². The first kappa shape index (κ1) is 45.3. The van der Waals surface area contributed by atoms with Crippen LogP contribution in [0.3, 0.4) is 0 Å². The number of aromatic hydroxyl groups is 1. The Bertz CT molecular complexity index is 1970. The molecule has 0 bridgehead atoms. The number of nitrogens with two attached hydrogens (primary N) is 1. The Labute approximate surface area is 352 Å². The molecule has 0 aliphatic heterocycles. The largest absolute Gasteiger partial charge is 0.504 e. The number of carbonyl (C=O) groups excluding carboxylic acids is 2. The molecule has 1 fully saturated rings. The number of allylic oxidation sites excluding steroid dienone is 1. The molecule has 0 spiro atoms. The Hall–Kier alpha value is -4.79. The molecule has 8 heteroatoms. The number of aromatic nitrogens is 1. The summed E-state index contributed by atoms with van der Waals surface area (Å²) in [6.45, 7) is 3.20. The first-order chi connectivity index (χ1) is 28.5. The van der Waals surface area contributed by atoms with E-state index in [1.807, 2.05) is 19.2 Å². The number of rotatable bonds is 24. The predicted molar refractivity (Wildman–Crippen MR) is 240 cm³/mol. The van der Waals surface area contributed by atoms with Crippen LogP contribution in [-0.2, 0) is 41.7 Å². The van der Waals surface area contributed by atoms with Crippen molar-refractivity contribution in [2.24, 2.45) is 11.8 Å². The number of pyridine rings is 1. The van der Waals surface area contributed by atoms with Gasteiger partial charge in [0.2, 0.25) is 0 Å². The number of hydrogen-bond acceptors (Lipinski definition) is 8. The average Bonchev–Trinajstić information content (AvgIpc) is 3.22. The van der Waals surface area contributed by atoms with Crippen molar-refractivity contribution in [2.45, 2.75) is 122 Å². The van der Waals surface area contributed by atoms with Gasteiger partial charge in [-0.05, 0) is 159 Å². The smallest absolute Gasteiger partial charge is 0.163 e. The zero-order valence-electron chi connectivity index (χ0n) is 35.7. The number of nitrogens with zero attached hydrogens (tertiary/aromatic N) is 1. The predicted octanol–water partition coefficient (Wildman–Crippen LogP) is 9.59. The highest BCUT2D eigenvalue weighted by Gasteiger charge is 2.30. The van der Waals surface area contributed by atoms with Crippen molar-refractivity contribution in [1.29, 1.82) is 0 Å². The summed E-state index contributed by atoms with van der Waals surface area (Å²) < 4.78 is 5.43. The summed E-state index contributed by atoms with van der Waals surface area (Å²) in [5.41, 5.74) is 13.1. The molecule has 0 amide bonds. The molecule has 4 aromatic rings. The fourth-order valence-corrected chi connectivity index (χ4v) is 8.82. The van der Waals surface area contributed by atoms with E-state index >= 15 is 0 Å². The van der Waals surface area contributed by atoms with E-state index in [0.29, 0.717) is 41.8 Å². The summed E-state index contributed by atoms with van der Waals surface area (Å²) in [6, 6.07) is 24.6. The fourth-order valence-electron chi connectivity index (χ4n) is 8.82. The van der Waals surface area contributed by atoms with Crippen LogP contribution in [0.15, 0.2) is 85.1 Å². The molecule has 5 N–H and O–H groups in total. The van der Waals surface area contributed by atoms with Crippen LogP contribution in [0.25, 0.3) is 6.08 Å². The quantitative estimate of drug-likeness (QED) is 0.0407. The van der Waals surface area contributed by atoms with Gasteiger partial charge in [-0.1, -0.05) is 93.3 Å². The molecule has 1 aliphatic carbocycles. The number of phenols is 1. The number of aliphatic hydroxyl groups is 1. The van der Waals surface area contributed by atoms with Gasteiger partial charge in [0.25, 0.3) is 0 Å². The molecule has 2 unspecified atom stereocenters. The molecule has 59 heavy (non-hydrogen) atoms. The van der Waals surface area contributed by atoms with Crippen LogP contribution in [0, 0.1) is 11.8 Å². The number of benzene rings is 3. The maximum Gasteiger partial charge on any atom is 0.163 e. The van der Waals surface area contributed by atoms with Gasteiger partial charge in [0.15, 0.2) is 17.3 Å². The average molecular weight is 802 g/mol. The molecule has 0 radical (unpaired) electrons. The second kappa shape index (κ2) is 23.1. The SMILES string of the molecule is CNCC(C)CC(CCCC(=O)CC(=O)C=Cc1cc(OC)c(O)cc1Cc1cnc(N)cc1CCc1cccc(CCc2ccccc2)c1)CCC1(O)CCCCC1. The maximum absolute atomic E-state index is 13.1. The van der Waals surface area contributed by atoms with E-state index in [2.05, 4.69) is 65.8 Å². The minimum Gasteiger partial charge on any atom is -0.504 e. The third kappa shape index (κ3) is 15.1. The summed E-state index contributed by atoms with van der Waals surface area (Å²) in [4.78, 5) is 30.6. The number of nitrogens with one attached hydrogen (secondary N) is 1. The standard InChI is InChI=1S/C51H67N3O5/c1-37(35-53-2)28-41(24-27-51(58)25-8-5-9-26-51)16-11-17-46(55)34-47(56)23-22-42-32-49(59-3)48(57)31-44(42)30-45-36-54-50(52)33-43(45)21-20-40-15-10-14-39(29-40)19-18-38-12-6-4-7-13-38/h4,6-7,10,12-15,22-23,29,31-33,36-37,41,53,57-58H,5,8-9,11,16-21,24-28,30,34-35H2,1-3H3,(H2,52,54). The zero-order chi connectivity index (χ0) is 42.0. The third-order valence-corrected chi connectivity index (χ3v) is 12.1. The Morgan fingerprint density at radius 3 is 2.34 bits per heavy atom. The molecular weight excluding hydrogens is 735 g/mol. The number of anilines is 1. The highest BCUT2D eigenvalue weighted by molar-refractivity contribution is 6.06. The first-order valence-electron chi connectivity index (χ1n) is 21.9. The van der Waals surface area contributed by atoms with Gasteiger partial charge in [-0.25, -0.2) is 4.98 Å². The van der Waals surface area contributed by atoms with Crippen LogP contribution >= 0.6 is 0 Å². The van der Waals surface area contributed by atoms with Crippen LogP contribution < -0.4 is 15.8 Å². The molecule has 8 nitrogen and oxygen atoms in total. The fraction of sp³-hybridized carbons (Fsp3) is 0.471. The van der Waals surface area contributed by atoms with Gasteiger partial charge in [-0.15, -0.1) is 0 Å². The van der Waals surface area contributed by atoms with Gasteiger partial charge in [0, 0.05) is 12.6 Å². The number of hydrogen-bond donors (Lipinski definition) is 4. The molecule has 1 saturated carbocycles. The maximum atomic E-state index is 13.1. The summed E-state index contributed by atoms with van der Waals surface area (Å²) in [6.07, 6.45) is 18.9. The molecular formula is C51H67N3O5. The van der Waals surface area contributed by atoms with Gasteiger partial charge < -0.3 is 26.0 Å². The van der Waals surface area contributed by atoms with Crippen LogP contribution in [-0.4, -0.2) is 53.1 Å². The van der Waals surface area contributed by atoms with Crippen molar-refractivity contribution in [3.05, 3.63) is 124 Å². The summed E-state index contributed by atoms with van der Waals surface area (Å²) in [5.74, 6) is 1.39. The van der Waals surface area contributed by atoms with Crippen molar-refractivity contribution in [3.63, 3.8) is 0 Å². The number of carbonyl (C=O) groups is 2. The van der Waals surface area contributed by atoms with Crippen molar-refractivity contribution in [3.8, 4) is 11.5 Å². The molecule has 2 atom stereocenters. The minimum atomic E-state index is -0.539. The van der Waals surface area contributed by atoms with E-state index in [-0.39, 0.29) is 23.7 Å². The van der Waals surface area contributed by atoms with E-state index in [1.165, 1.54) is 36.3 Å². The highest BCUT2D eigenvalue weighted by Crippen LogP contribution is 2.35. The number of ketones is 2. The lowest BCUT2D eigenvalue weighted by Crippen LogP contribution is -2.32. The molecule has 1 aromatic heterocycles. The van der Waals surface area contributed by atoms with Crippen LogP contribution in [0.4, 0.5) is 5.82 Å². The van der Waals surface area contributed by atoms with Gasteiger partial charge >= 0.3 is 0 Å². The first-order valence-corrected chi connectivity index (χ1v) is 21.9. The Kier molecular flexibility index (Phi) is 17.7. The van der Waals surface area contributed by atoms with Crippen molar-refractivity contribution in [2.75, 3.05) is 26.4 Å². The van der Waals surface area contributed by atoms with Gasteiger partial charge in [-0.3, -0.25) is 9.59 Å². The van der Waals surface area contributed by atoms with E-state index in [9.17, 15) is 19.8 Å². The Balaban J connectivity index is 1.19. The van der Waals surface area contributed by atoms with Crippen LogP contribution in [0.1, 0.15) is 123 Å². The highest BCUT2D eigenvalue weighted by atomic mass is 16.5. The number of methoxy groups -OCH3 is 1. The molecule has 1 heterocycles. The lowest BCUT2D eigenvalue weighted by atomic mass is 9.78. The van der Waals surface area contributed by atoms with Crippen molar-refractivity contribution < 1.29 is 24.5 Å². The Morgan fingerprint density at radius 2 is 1.61 bits per heavy atom. The lowest BCUT2D eigenvalue weighted by Gasteiger charge is -2.34. The monoisotopic (exact) mass is 802 g/mol. The molecule has 5 rings (SSSR count). The van der Waals surface area contributed by atoms with Crippen LogP contribution in [0.5, 0.6) is 11.5 Å². The minimum absolute atomic E-state index is 0.00461. The number of phenolic OH excluding ortho intramolecular Hbond substituents is 1. The topological polar surface area (TPSA) is 135 Å². The number of aryl methyl sites for hydroxylation is 4. The normalized spacial score (nSPS) is 14.9. The van der Waals surface area contributed by atoms with Gasteiger partial charge in [-0.2, -0.15) is 0 Å². The molecule has 1 aliphatic rings. The summed E-state index contributed by atoms with van der Waals surface area (Å²) in [7, 11) is 3.47. The molecule has 0 saturated heterocycles. The van der Waals surface area contributed by atoms with Crippen LogP contribution in [0.2, 0.25) is 0 Å².